The van der Waals surface area contributed by atoms with Gasteiger partial charge in [0.2, 0.25) is 11.9 Å². The number of carbonyl (C=O) groups is 1. The van der Waals surface area contributed by atoms with Gasteiger partial charge in [-0.1, -0.05) is 20.3 Å². The normalized spacial score (nSPS) is 30.1. The van der Waals surface area contributed by atoms with Gasteiger partial charge in [-0.3, -0.25) is 9.69 Å². The SMILES string of the molecule is CCN1CCC(Nc2ncc3c(n2)N(C2CCCC2C)C(=O)C32CC2)CC1. The number of likely N-dealkylation sites (tertiary alicyclic amines) is 1. The van der Waals surface area contributed by atoms with Crippen molar-refractivity contribution in [1.29, 1.82) is 0 Å². The second-order valence-electron chi connectivity index (χ2n) is 9.02. The zero-order valence-corrected chi connectivity index (χ0v) is 16.6. The first kappa shape index (κ1) is 17.4. The molecule has 27 heavy (non-hydrogen) atoms. The summed E-state index contributed by atoms with van der Waals surface area (Å²) in [6.07, 6.45) is 9.64. The van der Waals surface area contributed by atoms with Crippen molar-refractivity contribution in [3.8, 4) is 0 Å². The molecule has 2 aliphatic heterocycles. The number of amides is 1. The van der Waals surface area contributed by atoms with Gasteiger partial charge < -0.3 is 10.2 Å². The van der Waals surface area contributed by atoms with Gasteiger partial charge in [-0.05, 0) is 51.0 Å². The van der Waals surface area contributed by atoms with Crippen LogP contribution < -0.4 is 10.2 Å². The summed E-state index contributed by atoms with van der Waals surface area (Å²) >= 11 is 0. The Labute approximate surface area is 161 Å². The van der Waals surface area contributed by atoms with Crippen LogP contribution in [0.2, 0.25) is 0 Å². The molecule has 2 aliphatic carbocycles. The standard InChI is InChI=1S/C21H31N5O/c1-3-25-11-7-15(8-12-25)23-20-22-13-16-18(24-20)26(17-6-4-5-14(17)2)19(27)21(16)9-10-21/h13-15,17H,3-12H2,1-2H3,(H,22,23,24). The Morgan fingerprint density at radius 2 is 2.00 bits per heavy atom. The Kier molecular flexibility index (Phi) is 4.15. The van der Waals surface area contributed by atoms with Gasteiger partial charge >= 0.3 is 0 Å². The van der Waals surface area contributed by atoms with E-state index in [4.69, 9.17) is 4.98 Å². The Bertz CT molecular complexity index is 738. The summed E-state index contributed by atoms with van der Waals surface area (Å²) in [5, 5.41) is 3.55. The molecule has 4 aliphatic rings. The van der Waals surface area contributed by atoms with Crippen molar-refractivity contribution in [3.63, 3.8) is 0 Å². The molecular weight excluding hydrogens is 338 g/mol. The highest BCUT2D eigenvalue weighted by molar-refractivity contribution is 6.09. The highest BCUT2D eigenvalue weighted by atomic mass is 16.2. The molecule has 0 bridgehead atoms. The van der Waals surface area contributed by atoms with Crippen LogP contribution in [-0.4, -0.2) is 52.5 Å². The van der Waals surface area contributed by atoms with E-state index in [9.17, 15) is 4.79 Å². The second-order valence-corrected chi connectivity index (χ2v) is 9.02. The fourth-order valence-corrected chi connectivity index (χ4v) is 5.41. The van der Waals surface area contributed by atoms with Crippen molar-refractivity contribution in [1.82, 2.24) is 14.9 Å². The monoisotopic (exact) mass is 369 g/mol. The Morgan fingerprint density at radius 1 is 1.22 bits per heavy atom. The molecule has 3 fully saturated rings. The molecule has 2 unspecified atom stereocenters. The van der Waals surface area contributed by atoms with Crippen LogP contribution in [0.4, 0.5) is 11.8 Å². The molecular formula is C21H31N5O. The summed E-state index contributed by atoms with van der Waals surface area (Å²) in [4.78, 5) is 27.4. The number of piperidine rings is 1. The van der Waals surface area contributed by atoms with Crippen LogP contribution in [0.25, 0.3) is 0 Å². The van der Waals surface area contributed by atoms with Crippen LogP contribution >= 0.6 is 0 Å². The van der Waals surface area contributed by atoms with Crippen LogP contribution in [0.1, 0.15) is 64.4 Å². The Morgan fingerprint density at radius 3 is 2.63 bits per heavy atom. The van der Waals surface area contributed by atoms with Crippen molar-refractivity contribution >= 4 is 17.7 Å². The highest BCUT2D eigenvalue weighted by Gasteiger charge is 2.61. The quantitative estimate of drug-likeness (QED) is 0.884. The largest absolute Gasteiger partial charge is 0.351 e. The zero-order chi connectivity index (χ0) is 18.6. The van der Waals surface area contributed by atoms with Crippen LogP contribution in [0.15, 0.2) is 6.20 Å². The molecule has 0 aromatic carbocycles. The van der Waals surface area contributed by atoms with Crippen LogP contribution in [-0.2, 0) is 10.2 Å². The van der Waals surface area contributed by atoms with E-state index in [1.165, 1.54) is 12.8 Å². The lowest BCUT2D eigenvalue weighted by atomic mass is 10.0. The second kappa shape index (κ2) is 6.43. The summed E-state index contributed by atoms with van der Waals surface area (Å²) in [6.45, 7) is 7.89. The van der Waals surface area contributed by atoms with Gasteiger partial charge in [-0.15, -0.1) is 0 Å². The average Bonchev–Trinajstić information content (AvgIpc) is 3.33. The molecule has 0 radical (unpaired) electrons. The smallest absolute Gasteiger partial charge is 0.239 e. The van der Waals surface area contributed by atoms with Crippen molar-refractivity contribution in [2.45, 2.75) is 76.3 Å². The molecule has 1 aromatic rings. The van der Waals surface area contributed by atoms with E-state index in [0.717, 1.165) is 63.1 Å². The first-order chi connectivity index (χ1) is 13.1. The third-order valence-corrected chi connectivity index (χ3v) is 7.41. The van der Waals surface area contributed by atoms with Gasteiger partial charge in [0.1, 0.15) is 5.82 Å². The molecule has 1 amide bonds. The minimum absolute atomic E-state index is 0.289. The minimum Gasteiger partial charge on any atom is -0.351 e. The predicted octanol–water partition coefficient (Wildman–Crippen LogP) is 2.94. The van der Waals surface area contributed by atoms with Crippen molar-refractivity contribution in [3.05, 3.63) is 11.8 Å². The maximum Gasteiger partial charge on any atom is 0.239 e. The summed E-state index contributed by atoms with van der Waals surface area (Å²) in [5.41, 5.74) is 0.792. The molecule has 1 aromatic heterocycles. The van der Waals surface area contributed by atoms with Crippen molar-refractivity contribution in [2.75, 3.05) is 29.9 Å². The van der Waals surface area contributed by atoms with Gasteiger partial charge in [0.15, 0.2) is 0 Å². The molecule has 5 rings (SSSR count). The average molecular weight is 370 g/mol. The number of anilines is 2. The fourth-order valence-electron chi connectivity index (χ4n) is 5.41. The number of nitrogens with zero attached hydrogens (tertiary/aromatic N) is 4. The first-order valence-corrected chi connectivity index (χ1v) is 10.8. The van der Waals surface area contributed by atoms with E-state index in [0.29, 0.717) is 29.9 Å². The number of aromatic nitrogens is 2. The maximum absolute atomic E-state index is 13.3. The van der Waals surface area contributed by atoms with Gasteiger partial charge in [0, 0.05) is 36.9 Å². The molecule has 2 atom stereocenters. The van der Waals surface area contributed by atoms with Gasteiger partial charge in [0.25, 0.3) is 0 Å². The van der Waals surface area contributed by atoms with E-state index in [1.807, 2.05) is 6.20 Å². The molecule has 6 heteroatoms. The van der Waals surface area contributed by atoms with E-state index < -0.39 is 0 Å². The number of nitrogens with one attached hydrogen (secondary N) is 1. The third-order valence-electron chi connectivity index (χ3n) is 7.41. The molecule has 146 valence electrons. The third kappa shape index (κ3) is 2.75. The fraction of sp³-hybridized carbons (Fsp3) is 0.762. The lowest BCUT2D eigenvalue weighted by Gasteiger charge is -2.31. The molecule has 1 N–H and O–H groups in total. The number of hydrogen-bond donors (Lipinski definition) is 1. The molecule has 1 spiro atoms. The molecule has 6 nitrogen and oxygen atoms in total. The lowest BCUT2D eigenvalue weighted by Crippen LogP contribution is -2.42. The summed E-state index contributed by atoms with van der Waals surface area (Å²) in [5.74, 6) is 2.45. The predicted molar refractivity (Wildman–Crippen MR) is 106 cm³/mol. The minimum atomic E-state index is -0.289. The van der Waals surface area contributed by atoms with E-state index in [-0.39, 0.29) is 5.41 Å². The lowest BCUT2D eigenvalue weighted by molar-refractivity contribution is -0.120. The van der Waals surface area contributed by atoms with Gasteiger partial charge in [-0.2, -0.15) is 4.98 Å². The number of rotatable bonds is 4. The van der Waals surface area contributed by atoms with Gasteiger partial charge in [0.05, 0.1) is 5.41 Å². The molecule has 3 heterocycles. The van der Waals surface area contributed by atoms with Crippen molar-refractivity contribution in [2.24, 2.45) is 5.92 Å². The maximum atomic E-state index is 13.3. The van der Waals surface area contributed by atoms with Crippen LogP contribution in [0.3, 0.4) is 0 Å². The van der Waals surface area contributed by atoms with Crippen LogP contribution in [0.5, 0.6) is 0 Å². The van der Waals surface area contributed by atoms with Crippen LogP contribution in [0, 0.1) is 5.92 Å². The summed E-state index contributed by atoms with van der Waals surface area (Å²) in [6, 6.07) is 0.739. The summed E-state index contributed by atoms with van der Waals surface area (Å²) < 4.78 is 0. The topological polar surface area (TPSA) is 61.4 Å². The Balaban J connectivity index is 1.40. The number of carbonyl (C=O) groups excluding carboxylic acids is 1. The number of fused-ring (bicyclic) bond motifs is 2. The first-order valence-electron chi connectivity index (χ1n) is 10.8. The van der Waals surface area contributed by atoms with E-state index in [2.05, 4.69) is 33.9 Å². The highest BCUT2D eigenvalue weighted by Crippen LogP contribution is 2.58. The molecule has 1 saturated heterocycles. The Hall–Kier alpha value is -1.69. The summed E-state index contributed by atoms with van der Waals surface area (Å²) in [7, 11) is 0. The van der Waals surface area contributed by atoms with E-state index in [1.54, 1.807) is 0 Å². The van der Waals surface area contributed by atoms with Crippen molar-refractivity contribution < 1.29 is 4.79 Å². The zero-order valence-electron chi connectivity index (χ0n) is 16.6. The van der Waals surface area contributed by atoms with E-state index >= 15 is 0 Å². The van der Waals surface area contributed by atoms with Gasteiger partial charge in [-0.25, -0.2) is 4.98 Å². The number of hydrogen-bond acceptors (Lipinski definition) is 5. The molecule has 2 saturated carbocycles.